The molecule has 0 fully saturated rings. The molecular formula is C24H19BrCl2N2O2. The zero-order valence-corrected chi connectivity index (χ0v) is 19.5. The highest BCUT2D eigenvalue weighted by Gasteiger charge is 2.07. The Morgan fingerprint density at radius 3 is 2.42 bits per heavy atom. The molecule has 0 spiro atoms. The minimum Gasteiger partial charge on any atom is -0.491 e. The molecule has 3 aromatic carbocycles. The van der Waals surface area contributed by atoms with Crippen LogP contribution >= 0.6 is 39.1 Å². The number of nitrogens with zero attached hydrogens (tertiary/aromatic N) is 1. The van der Waals surface area contributed by atoms with E-state index in [9.17, 15) is 10.4 Å². The van der Waals surface area contributed by atoms with Crippen molar-refractivity contribution in [3.63, 3.8) is 0 Å². The van der Waals surface area contributed by atoms with E-state index < -0.39 is 6.10 Å². The Morgan fingerprint density at radius 1 is 1.06 bits per heavy atom. The van der Waals surface area contributed by atoms with Crippen molar-refractivity contribution in [2.45, 2.75) is 6.10 Å². The Kier molecular flexibility index (Phi) is 8.39. The van der Waals surface area contributed by atoms with E-state index in [1.54, 1.807) is 36.4 Å². The second-order valence-electron chi connectivity index (χ2n) is 6.72. The SMILES string of the molecule is N#C/C(=C\c1ccc(OCC(O)CNc2ccc(Br)cc2)cc1)c1ccc(Cl)c(Cl)c1. The number of hydrogen-bond donors (Lipinski definition) is 2. The van der Waals surface area contributed by atoms with E-state index >= 15 is 0 Å². The van der Waals surface area contributed by atoms with E-state index in [0.717, 1.165) is 15.7 Å². The van der Waals surface area contributed by atoms with Gasteiger partial charge in [-0.25, -0.2) is 0 Å². The van der Waals surface area contributed by atoms with Gasteiger partial charge in [0.1, 0.15) is 18.5 Å². The molecule has 0 amide bonds. The van der Waals surface area contributed by atoms with E-state index in [2.05, 4.69) is 27.3 Å². The molecule has 0 aliphatic heterocycles. The zero-order valence-electron chi connectivity index (χ0n) is 16.4. The Labute approximate surface area is 199 Å². The molecule has 1 atom stereocenters. The molecule has 0 aromatic heterocycles. The number of ether oxygens (including phenoxy) is 1. The first-order valence-electron chi connectivity index (χ1n) is 9.42. The molecule has 158 valence electrons. The summed E-state index contributed by atoms with van der Waals surface area (Å²) in [4.78, 5) is 0. The summed E-state index contributed by atoms with van der Waals surface area (Å²) in [5.41, 5.74) is 2.93. The van der Waals surface area contributed by atoms with Crippen molar-refractivity contribution in [1.82, 2.24) is 0 Å². The fourth-order valence-electron chi connectivity index (χ4n) is 2.73. The molecule has 0 bridgehead atoms. The third-order valence-corrected chi connectivity index (χ3v) is 5.64. The number of benzene rings is 3. The number of aliphatic hydroxyl groups excluding tert-OH is 1. The van der Waals surface area contributed by atoms with Crippen molar-refractivity contribution in [2.24, 2.45) is 0 Å². The Balaban J connectivity index is 1.55. The number of halogens is 3. The lowest BCUT2D eigenvalue weighted by molar-refractivity contribution is 0.117. The van der Waals surface area contributed by atoms with Crippen LogP contribution in [0.15, 0.2) is 71.2 Å². The van der Waals surface area contributed by atoms with Gasteiger partial charge >= 0.3 is 0 Å². The van der Waals surface area contributed by atoms with Gasteiger partial charge in [-0.15, -0.1) is 0 Å². The lowest BCUT2D eigenvalue weighted by Gasteiger charge is -2.14. The highest BCUT2D eigenvalue weighted by atomic mass is 79.9. The maximum atomic E-state index is 10.1. The van der Waals surface area contributed by atoms with Crippen molar-refractivity contribution in [3.05, 3.63) is 92.4 Å². The van der Waals surface area contributed by atoms with Gasteiger partial charge in [0.05, 0.1) is 21.7 Å². The Hall–Kier alpha value is -2.49. The fourth-order valence-corrected chi connectivity index (χ4v) is 3.29. The van der Waals surface area contributed by atoms with Crippen LogP contribution in [-0.2, 0) is 0 Å². The van der Waals surface area contributed by atoms with Gasteiger partial charge in [-0.2, -0.15) is 5.26 Å². The molecule has 31 heavy (non-hydrogen) atoms. The molecule has 4 nitrogen and oxygen atoms in total. The van der Waals surface area contributed by atoms with Gasteiger partial charge in [-0.1, -0.05) is 57.3 Å². The van der Waals surface area contributed by atoms with Crippen molar-refractivity contribution < 1.29 is 9.84 Å². The van der Waals surface area contributed by atoms with Gasteiger partial charge in [0.2, 0.25) is 0 Å². The van der Waals surface area contributed by atoms with Crippen LogP contribution in [0.1, 0.15) is 11.1 Å². The van der Waals surface area contributed by atoms with Crippen LogP contribution in [-0.4, -0.2) is 24.4 Å². The van der Waals surface area contributed by atoms with Crippen LogP contribution in [0.3, 0.4) is 0 Å². The molecular weight excluding hydrogens is 499 g/mol. The van der Waals surface area contributed by atoms with Crippen molar-refractivity contribution in [1.29, 1.82) is 5.26 Å². The van der Waals surface area contributed by atoms with Crippen molar-refractivity contribution >= 4 is 56.5 Å². The number of aliphatic hydroxyl groups is 1. The van der Waals surface area contributed by atoms with Crippen LogP contribution in [0.2, 0.25) is 10.0 Å². The summed E-state index contributed by atoms with van der Waals surface area (Å²) in [6, 6.07) is 22.3. The molecule has 7 heteroatoms. The quantitative estimate of drug-likeness (QED) is 0.258. The number of nitrogens with one attached hydrogen (secondary N) is 1. The molecule has 1 unspecified atom stereocenters. The molecule has 3 rings (SSSR count). The second kappa shape index (κ2) is 11.2. The maximum Gasteiger partial charge on any atom is 0.119 e. The molecule has 0 saturated carbocycles. The lowest BCUT2D eigenvalue weighted by Crippen LogP contribution is -2.26. The predicted molar refractivity (Wildman–Crippen MR) is 131 cm³/mol. The summed E-state index contributed by atoms with van der Waals surface area (Å²) in [6.07, 6.45) is 1.10. The van der Waals surface area contributed by atoms with E-state index in [1.807, 2.05) is 36.4 Å². The maximum absolute atomic E-state index is 10.1. The van der Waals surface area contributed by atoms with Crippen LogP contribution < -0.4 is 10.1 Å². The van der Waals surface area contributed by atoms with Crippen molar-refractivity contribution in [2.75, 3.05) is 18.5 Å². The molecule has 0 aliphatic rings. The van der Waals surface area contributed by atoms with E-state index in [4.69, 9.17) is 27.9 Å². The number of anilines is 1. The third-order valence-electron chi connectivity index (χ3n) is 4.37. The monoisotopic (exact) mass is 516 g/mol. The van der Waals surface area contributed by atoms with Crippen molar-refractivity contribution in [3.8, 4) is 11.8 Å². The molecule has 0 radical (unpaired) electrons. The van der Waals surface area contributed by atoms with Gasteiger partial charge < -0.3 is 15.2 Å². The van der Waals surface area contributed by atoms with E-state index in [1.165, 1.54) is 0 Å². The van der Waals surface area contributed by atoms with Crippen LogP contribution in [0, 0.1) is 11.3 Å². The number of nitriles is 1. The molecule has 0 saturated heterocycles. The van der Waals surface area contributed by atoms with E-state index in [-0.39, 0.29) is 6.61 Å². The standard InChI is InChI=1S/C24H19BrCl2N2O2/c25-19-4-6-20(7-5-19)29-14-21(30)15-31-22-8-1-16(2-9-22)11-18(13-28)17-3-10-23(26)24(27)12-17/h1-12,21,29-30H,14-15H2/b18-11+. The number of allylic oxidation sites excluding steroid dienone is 1. The molecule has 0 aliphatic carbocycles. The zero-order chi connectivity index (χ0) is 22.2. The van der Waals surface area contributed by atoms with Gasteiger partial charge in [0.25, 0.3) is 0 Å². The molecule has 0 heterocycles. The van der Waals surface area contributed by atoms with Crippen LogP contribution in [0.25, 0.3) is 11.6 Å². The van der Waals surface area contributed by atoms with Crippen LogP contribution in [0.5, 0.6) is 5.75 Å². The topological polar surface area (TPSA) is 65.3 Å². The summed E-state index contributed by atoms with van der Waals surface area (Å²) in [5, 5.41) is 23.6. The van der Waals surface area contributed by atoms with Gasteiger partial charge in [0.15, 0.2) is 0 Å². The Bertz CT molecular complexity index is 1090. The van der Waals surface area contributed by atoms with Gasteiger partial charge in [-0.3, -0.25) is 0 Å². The highest BCUT2D eigenvalue weighted by Crippen LogP contribution is 2.27. The first-order valence-corrected chi connectivity index (χ1v) is 11.0. The normalized spacial score (nSPS) is 12.2. The average molecular weight is 518 g/mol. The number of hydrogen-bond acceptors (Lipinski definition) is 4. The average Bonchev–Trinajstić information content (AvgIpc) is 2.78. The summed E-state index contributed by atoms with van der Waals surface area (Å²) < 4.78 is 6.66. The second-order valence-corrected chi connectivity index (χ2v) is 8.45. The van der Waals surface area contributed by atoms with E-state index in [0.29, 0.717) is 33.5 Å². The summed E-state index contributed by atoms with van der Waals surface area (Å²) in [5.74, 6) is 0.632. The predicted octanol–water partition coefficient (Wildman–Crippen LogP) is 6.67. The Morgan fingerprint density at radius 2 is 1.77 bits per heavy atom. The number of rotatable bonds is 8. The highest BCUT2D eigenvalue weighted by molar-refractivity contribution is 9.10. The molecule has 3 aromatic rings. The first-order chi connectivity index (χ1) is 14.9. The van der Waals surface area contributed by atoms with Crippen LogP contribution in [0.4, 0.5) is 5.69 Å². The minimum atomic E-state index is -0.664. The first kappa shape index (κ1) is 23.2. The minimum absolute atomic E-state index is 0.158. The summed E-state index contributed by atoms with van der Waals surface area (Å²) in [6.45, 7) is 0.531. The lowest BCUT2D eigenvalue weighted by atomic mass is 10.0. The molecule has 2 N–H and O–H groups in total. The third kappa shape index (κ3) is 7.02. The smallest absolute Gasteiger partial charge is 0.119 e. The summed E-state index contributed by atoms with van der Waals surface area (Å²) >= 11 is 15.4. The van der Waals surface area contributed by atoms with Gasteiger partial charge in [-0.05, 0) is 65.7 Å². The van der Waals surface area contributed by atoms with Gasteiger partial charge in [0, 0.05) is 16.7 Å². The largest absolute Gasteiger partial charge is 0.491 e. The fraction of sp³-hybridized carbons (Fsp3) is 0.125. The summed E-state index contributed by atoms with van der Waals surface area (Å²) in [7, 11) is 0.